The fraction of sp³-hybridized carbons (Fsp3) is 0.850. The third-order valence-corrected chi connectivity index (χ3v) is 6.33. The largest absolute Gasteiger partial charge is 0.446 e. The minimum atomic E-state index is -0.591. The maximum Gasteiger partial charge on any atom is 0.404 e. The first-order chi connectivity index (χ1) is 11.2. The zero-order valence-electron chi connectivity index (χ0n) is 14.4. The van der Waals surface area contributed by atoms with Crippen LogP contribution in [-0.4, -0.2) is 12.2 Å². The van der Waals surface area contributed by atoms with Crippen LogP contribution >= 0.6 is 0 Å². The highest BCUT2D eigenvalue weighted by Crippen LogP contribution is 2.47. The molecule has 0 aromatic carbocycles. The Hall–Kier alpha value is -0.990. The lowest BCUT2D eigenvalue weighted by Gasteiger charge is -2.25. The average Bonchev–Trinajstić information content (AvgIpc) is 3.11. The van der Waals surface area contributed by atoms with Crippen LogP contribution < -0.4 is 5.73 Å². The van der Waals surface area contributed by atoms with Gasteiger partial charge in [0.1, 0.15) is 6.10 Å². The van der Waals surface area contributed by atoms with Gasteiger partial charge in [-0.15, -0.1) is 0 Å². The van der Waals surface area contributed by atoms with Crippen molar-refractivity contribution in [3.63, 3.8) is 0 Å². The van der Waals surface area contributed by atoms with Crippen molar-refractivity contribution in [1.82, 2.24) is 0 Å². The molecular formula is C20H33NO2. The van der Waals surface area contributed by atoms with Crippen molar-refractivity contribution in [1.29, 1.82) is 0 Å². The molecule has 0 aromatic heterocycles. The summed E-state index contributed by atoms with van der Waals surface area (Å²) >= 11 is 0. The SMILES string of the molecule is NC(=O)OC1CCCCC/C=C\C2CC2CCC2CCCC2C1. The third kappa shape index (κ3) is 5.26. The van der Waals surface area contributed by atoms with Crippen molar-refractivity contribution in [3.05, 3.63) is 12.2 Å². The highest BCUT2D eigenvalue weighted by molar-refractivity contribution is 5.64. The quantitative estimate of drug-likeness (QED) is 0.676. The van der Waals surface area contributed by atoms with Gasteiger partial charge in [0.2, 0.25) is 0 Å². The molecule has 3 aliphatic rings. The number of fused-ring (bicyclic) bond motifs is 2. The Morgan fingerprint density at radius 1 is 0.870 bits per heavy atom. The molecule has 5 atom stereocenters. The van der Waals surface area contributed by atoms with Crippen LogP contribution in [-0.2, 0) is 4.74 Å². The normalized spacial score (nSPS) is 40.1. The van der Waals surface area contributed by atoms with Gasteiger partial charge in [0.25, 0.3) is 0 Å². The number of primary amides is 1. The number of ether oxygens (including phenoxy) is 1. The Morgan fingerprint density at radius 3 is 2.57 bits per heavy atom. The summed E-state index contributed by atoms with van der Waals surface area (Å²) in [6, 6.07) is 0. The first kappa shape index (κ1) is 16.9. The van der Waals surface area contributed by atoms with E-state index in [0.717, 1.165) is 42.9 Å². The van der Waals surface area contributed by atoms with E-state index >= 15 is 0 Å². The van der Waals surface area contributed by atoms with Crippen LogP contribution in [0.1, 0.15) is 77.0 Å². The Morgan fingerprint density at radius 2 is 1.70 bits per heavy atom. The molecule has 23 heavy (non-hydrogen) atoms. The number of amides is 1. The second-order valence-electron chi connectivity index (χ2n) is 8.05. The van der Waals surface area contributed by atoms with Crippen LogP contribution in [0.5, 0.6) is 0 Å². The molecule has 0 bridgehead atoms. The Bertz CT molecular complexity index is 420. The summed E-state index contributed by atoms with van der Waals surface area (Å²) in [6.45, 7) is 0. The highest BCUT2D eigenvalue weighted by atomic mass is 16.6. The maximum absolute atomic E-state index is 11.2. The smallest absolute Gasteiger partial charge is 0.404 e. The van der Waals surface area contributed by atoms with E-state index in [9.17, 15) is 4.79 Å². The predicted molar refractivity (Wildman–Crippen MR) is 93.0 cm³/mol. The maximum atomic E-state index is 11.2. The predicted octanol–water partition coefficient (Wildman–Crippen LogP) is 5.19. The van der Waals surface area contributed by atoms with E-state index in [1.165, 1.54) is 57.8 Å². The fourth-order valence-electron chi connectivity index (χ4n) is 4.88. The number of rotatable bonds is 1. The van der Waals surface area contributed by atoms with Crippen LogP contribution in [0.25, 0.3) is 0 Å². The Labute approximate surface area is 141 Å². The molecular weight excluding hydrogens is 286 g/mol. The molecule has 0 saturated heterocycles. The van der Waals surface area contributed by atoms with Crippen molar-refractivity contribution in [2.45, 2.75) is 83.2 Å². The Kier molecular flexibility index (Phi) is 6.02. The molecule has 0 heterocycles. The molecule has 3 nitrogen and oxygen atoms in total. The van der Waals surface area contributed by atoms with E-state index in [1.807, 2.05) is 0 Å². The van der Waals surface area contributed by atoms with Crippen LogP contribution in [0.3, 0.4) is 0 Å². The van der Waals surface area contributed by atoms with Crippen molar-refractivity contribution < 1.29 is 9.53 Å². The van der Waals surface area contributed by atoms with E-state index in [0.29, 0.717) is 0 Å². The molecule has 5 unspecified atom stereocenters. The fourth-order valence-corrected chi connectivity index (χ4v) is 4.88. The number of carbonyl (C=O) groups is 1. The van der Waals surface area contributed by atoms with Crippen molar-refractivity contribution >= 4 is 6.09 Å². The van der Waals surface area contributed by atoms with E-state index in [-0.39, 0.29) is 6.10 Å². The minimum Gasteiger partial charge on any atom is -0.446 e. The molecule has 2 saturated carbocycles. The van der Waals surface area contributed by atoms with E-state index < -0.39 is 6.09 Å². The van der Waals surface area contributed by atoms with Crippen molar-refractivity contribution in [2.75, 3.05) is 0 Å². The van der Waals surface area contributed by atoms with Gasteiger partial charge in [0.15, 0.2) is 0 Å². The second kappa shape index (κ2) is 8.21. The molecule has 0 radical (unpaired) electrons. The topological polar surface area (TPSA) is 52.3 Å². The first-order valence-electron chi connectivity index (χ1n) is 9.85. The van der Waals surface area contributed by atoms with Gasteiger partial charge in [-0.2, -0.15) is 0 Å². The van der Waals surface area contributed by atoms with Gasteiger partial charge >= 0.3 is 6.09 Å². The summed E-state index contributed by atoms with van der Waals surface area (Å²) in [5.74, 6) is 3.43. The number of allylic oxidation sites excluding steroid dienone is 2. The molecule has 3 rings (SSSR count). The summed E-state index contributed by atoms with van der Waals surface area (Å²) in [6.07, 6.45) is 19.4. The summed E-state index contributed by atoms with van der Waals surface area (Å²) in [5, 5.41) is 0. The summed E-state index contributed by atoms with van der Waals surface area (Å²) < 4.78 is 5.44. The van der Waals surface area contributed by atoms with E-state index in [4.69, 9.17) is 10.5 Å². The molecule has 0 aromatic rings. The minimum absolute atomic E-state index is 0.0486. The highest BCUT2D eigenvalue weighted by Gasteiger charge is 2.37. The second-order valence-corrected chi connectivity index (χ2v) is 8.05. The van der Waals surface area contributed by atoms with Gasteiger partial charge in [-0.25, -0.2) is 4.79 Å². The van der Waals surface area contributed by atoms with Crippen molar-refractivity contribution in [2.24, 2.45) is 29.4 Å². The van der Waals surface area contributed by atoms with Gasteiger partial charge < -0.3 is 10.5 Å². The monoisotopic (exact) mass is 319 g/mol. The average molecular weight is 319 g/mol. The molecule has 0 spiro atoms. The van der Waals surface area contributed by atoms with E-state index in [1.54, 1.807) is 0 Å². The van der Waals surface area contributed by atoms with Gasteiger partial charge in [-0.1, -0.05) is 37.8 Å². The lowest BCUT2D eigenvalue weighted by Crippen LogP contribution is -2.26. The molecule has 1 amide bonds. The van der Waals surface area contributed by atoms with Crippen LogP contribution in [0, 0.1) is 23.7 Å². The van der Waals surface area contributed by atoms with Gasteiger partial charge in [0, 0.05) is 0 Å². The lowest BCUT2D eigenvalue weighted by atomic mass is 9.85. The molecule has 2 N–H and O–H groups in total. The molecule has 3 heteroatoms. The lowest BCUT2D eigenvalue weighted by molar-refractivity contribution is 0.0769. The number of nitrogens with two attached hydrogens (primary N) is 1. The third-order valence-electron chi connectivity index (χ3n) is 6.33. The number of carbonyl (C=O) groups excluding carboxylic acids is 1. The van der Waals surface area contributed by atoms with Gasteiger partial charge in [-0.3, -0.25) is 0 Å². The standard InChI is InChI=1S/C20H33NO2/c21-20(22)23-19-10-5-3-1-2-4-7-16-13-18(16)12-11-15-8-6-9-17(15)14-19/h4,7,15-19H,1-3,5-6,8-14H2,(H2,21,22)/b7-4-. The summed E-state index contributed by atoms with van der Waals surface area (Å²) in [4.78, 5) is 11.2. The first-order valence-corrected chi connectivity index (χ1v) is 9.85. The summed E-state index contributed by atoms with van der Waals surface area (Å²) in [7, 11) is 0. The van der Waals surface area contributed by atoms with Gasteiger partial charge in [-0.05, 0) is 75.0 Å². The number of hydrogen-bond donors (Lipinski definition) is 1. The zero-order chi connectivity index (χ0) is 16.1. The summed E-state index contributed by atoms with van der Waals surface area (Å²) in [5.41, 5.74) is 5.30. The molecule has 0 aliphatic heterocycles. The van der Waals surface area contributed by atoms with Gasteiger partial charge in [0.05, 0.1) is 0 Å². The van der Waals surface area contributed by atoms with Crippen LogP contribution in [0.4, 0.5) is 4.79 Å². The molecule has 130 valence electrons. The molecule has 3 aliphatic carbocycles. The van der Waals surface area contributed by atoms with Crippen LogP contribution in [0.2, 0.25) is 0 Å². The zero-order valence-corrected chi connectivity index (χ0v) is 14.4. The van der Waals surface area contributed by atoms with E-state index in [2.05, 4.69) is 12.2 Å². The number of hydrogen-bond acceptors (Lipinski definition) is 2. The van der Waals surface area contributed by atoms with Crippen molar-refractivity contribution in [3.8, 4) is 0 Å². The van der Waals surface area contributed by atoms with Crippen LogP contribution in [0.15, 0.2) is 12.2 Å². The molecule has 2 fully saturated rings. The Balaban J connectivity index is 1.59.